The van der Waals surface area contributed by atoms with Crippen molar-refractivity contribution in [2.75, 3.05) is 6.61 Å². The summed E-state index contributed by atoms with van der Waals surface area (Å²) in [6.45, 7) is 1.56. The zero-order valence-corrected chi connectivity index (χ0v) is 7.67. The Morgan fingerprint density at radius 1 is 1.47 bits per heavy atom. The van der Waals surface area contributed by atoms with Gasteiger partial charge in [0.1, 0.15) is 5.69 Å². The molecule has 1 aromatic heterocycles. The van der Waals surface area contributed by atoms with Crippen molar-refractivity contribution in [3.05, 3.63) is 11.4 Å². The molecule has 0 aromatic carbocycles. The van der Waals surface area contributed by atoms with Crippen LogP contribution in [0.15, 0.2) is 4.63 Å². The Balaban J connectivity index is 2.82. The van der Waals surface area contributed by atoms with Gasteiger partial charge in [-0.1, -0.05) is 5.16 Å². The first-order valence-corrected chi connectivity index (χ1v) is 3.99. The molecule has 0 fully saturated rings. The number of halogens is 3. The van der Waals surface area contributed by atoms with E-state index in [1.54, 1.807) is 0 Å². The lowest BCUT2D eigenvalue weighted by atomic mass is 10.2. The van der Waals surface area contributed by atoms with Crippen molar-refractivity contribution in [3.63, 3.8) is 0 Å². The van der Waals surface area contributed by atoms with Crippen LogP contribution in [0.1, 0.15) is 23.1 Å². The van der Waals surface area contributed by atoms with Crippen molar-refractivity contribution < 1.29 is 27.3 Å². The minimum atomic E-state index is -4.47. The molecule has 0 radical (unpaired) electrons. The number of ether oxygens (including phenoxy) is 1. The fourth-order valence-electron chi connectivity index (χ4n) is 0.867. The van der Waals surface area contributed by atoms with E-state index in [1.807, 2.05) is 0 Å². The highest BCUT2D eigenvalue weighted by Crippen LogP contribution is 2.21. The minimum absolute atomic E-state index is 0.0388. The van der Waals surface area contributed by atoms with Gasteiger partial charge >= 0.3 is 12.1 Å². The van der Waals surface area contributed by atoms with Crippen molar-refractivity contribution in [3.8, 4) is 0 Å². The lowest BCUT2D eigenvalue weighted by molar-refractivity contribution is -0.128. The van der Waals surface area contributed by atoms with E-state index < -0.39 is 30.0 Å². The van der Waals surface area contributed by atoms with E-state index in [2.05, 4.69) is 19.7 Å². The van der Waals surface area contributed by atoms with Gasteiger partial charge in [-0.3, -0.25) is 0 Å². The molecule has 0 atom stereocenters. The van der Waals surface area contributed by atoms with Crippen molar-refractivity contribution in [1.29, 1.82) is 0 Å². The summed E-state index contributed by atoms with van der Waals surface area (Å²) in [5.74, 6) is -0.974. The van der Waals surface area contributed by atoms with E-state index >= 15 is 0 Å². The summed E-state index contributed by atoms with van der Waals surface area (Å²) in [6.07, 6.45) is -5.84. The molecule has 15 heavy (non-hydrogen) atoms. The Morgan fingerprint density at radius 2 is 2.13 bits per heavy atom. The van der Waals surface area contributed by atoms with Crippen LogP contribution in [0.5, 0.6) is 0 Å². The average molecular weight is 224 g/mol. The van der Waals surface area contributed by atoms with Gasteiger partial charge in [0, 0.05) is 0 Å². The number of hydrogen-bond donors (Lipinski definition) is 0. The molecule has 8 heteroatoms. The number of rotatable bonds is 3. The molecule has 0 saturated carbocycles. The number of aromatic nitrogens is 2. The van der Waals surface area contributed by atoms with Gasteiger partial charge in [0.05, 0.1) is 13.0 Å². The monoisotopic (exact) mass is 224 g/mol. The summed E-state index contributed by atoms with van der Waals surface area (Å²) < 4.78 is 44.5. The molecule has 1 rings (SSSR count). The van der Waals surface area contributed by atoms with E-state index in [9.17, 15) is 18.0 Å². The predicted molar refractivity (Wildman–Crippen MR) is 40.0 cm³/mol. The van der Waals surface area contributed by atoms with E-state index in [4.69, 9.17) is 0 Å². The summed E-state index contributed by atoms with van der Waals surface area (Å²) >= 11 is 0. The quantitative estimate of drug-likeness (QED) is 0.725. The van der Waals surface area contributed by atoms with Crippen molar-refractivity contribution in [2.45, 2.75) is 19.5 Å². The molecule has 0 unspecified atom stereocenters. The third kappa shape index (κ3) is 3.22. The van der Waals surface area contributed by atoms with Crippen LogP contribution in [0.25, 0.3) is 0 Å². The van der Waals surface area contributed by atoms with Gasteiger partial charge in [0.2, 0.25) is 5.69 Å². The van der Waals surface area contributed by atoms with Gasteiger partial charge in [-0.2, -0.15) is 13.2 Å². The predicted octanol–water partition coefficient (Wildman–Crippen LogP) is 1.35. The van der Waals surface area contributed by atoms with Gasteiger partial charge < -0.3 is 4.74 Å². The van der Waals surface area contributed by atoms with Crippen LogP contribution in [0.3, 0.4) is 0 Å². The Kier molecular flexibility index (Phi) is 3.28. The zero-order valence-electron chi connectivity index (χ0n) is 7.67. The zero-order chi connectivity index (χ0) is 11.5. The van der Waals surface area contributed by atoms with Crippen LogP contribution < -0.4 is 0 Å². The number of alkyl halides is 3. The van der Waals surface area contributed by atoms with Crippen LogP contribution in [-0.2, 0) is 11.2 Å². The summed E-state index contributed by atoms with van der Waals surface area (Å²) in [4.78, 5) is 11.1. The highest BCUT2D eigenvalue weighted by Gasteiger charge is 2.33. The molecular weight excluding hydrogens is 217 g/mol. The Hall–Kier alpha value is -1.60. The maximum absolute atomic E-state index is 12.0. The second-order valence-corrected chi connectivity index (χ2v) is 2.57. The maximum atomic E-state index is 12.0. The topological polar surface area (TPSA) is 65.2 Å². The Morgan fingerprint density at radius 3 is 2.67 bits per heavy atom. The molecule has 5 nitrogen and oxygen atoms in total. The van der Waals surface area contributed by atoms with Crippen LogP contribution in [0, 0.1) is 0 Å². The first kappa shape index (κ1) is 11.5. The van der Waals surface area contributed by atoms with Crippen molar-refractivity contribution in [2.24, 2.45) is 0 Å². The van der Waals surface area contributed by atoms with Crippen LogP contribution in [0.2, 0.25) is 0 Å². The second kappa shape index (κ2) is 4.28. The van der Waals surface area contributed by atoms with E-state index in [0.717, 1.165) is 0 Å². The smallest absolute Gasteiger partial charge is 0.394 e. The molecule has 0 N–H and O–H groups in total. The van der Waals surface area contributed by atoms with E-state index in [1.165, 1.54) is 6.92 Å². The van der Waals surface area contributed by atoms with Crippen molar-refractivity contribution in [1.82, 2.24) is 10.3 Å². The molecule has 0 amide bonds. The molecule has 0 saturated heterocycles. The largest absolute Gasteiger partial charge is 0.461 e. The fourth-order valence-corrected chi connectivity index (χ4v) is 0.867. The Bertz CT molecular complexity index is 347. The first-order chi connectivity index (χ1) is 6.94. The van der Waals surface area contributed by atoms with E-state index in [-0.39, 0.29) is 6.61 Å². The fraction of sp³-hybridized carbons (Fsp3) is 0.571. The molecule has 84 valence electrons. The Labute approximate surface area is 82.2 Å². The van der Waals surface area contributed by atoms with E-state index in [0.29, 0.717) is 0 Å². The molecule has 0 aliphatic carbocycles. The summed E-state index contributed by atoms with van der Waals surface area (Å²) in [7, 11) is 0. The first-order valence-electron chi connectivity index (χ1n) is 3.99. The summed E-state index contributed by atoms with van der Waals surface area (Å²) in [5.41, 5.74) is -1.10. The third-order valence-corrected chi connectivity index (χ3v) is 1.39. The van der Waals surface area contributed by atoms with Crippen LogP contribution in [-0.4, -0.2) is 29.1 Å². The third-order valence-electron chi connectivity index (χ3n) is 1.39. The number of nitrogens with zero attached hydrogens (tertiary/aromatic N) is 2. The molecule has 1 aromatic rings. The SMILES string of the molecule is CCOC(=O)c1nonc1CC(F)(F)F. The minimum Gasteiger partial charge on any atom is -0.461 e. The molecule has 0 bridgehead atoms. The maximum Gasteiger partial charge on any atom is 0.394 e. The lowest BCUT2D eigenvalue weighted by Crippen LogP contribution is -2.16. The summed E-state index contributed by atoms with van der Waals surface area (Å²) in [5, 5.41) is 6.06. The van der Waals surface area contributed by atoms with Gasteiger partial charge in [0.25, 0.3) is 0 Å². The molecular formula is C7H7F3N2O3. The molecule has 0 aliphatic rings. The molecule has 0 spiro atoms. The number of esters is 1. The molecule has 1 heterocycles. The number of hydrogen-bond acceptors (Lipinski definition) is 5. The highest BCUT2D eigenvalue weighted by molar-refractivity contribution is 5.88. The van der Waals surface area contributed by atoms with Gasteiger partial charge in [0.15, 0.2) is 0 Å². The second-order valence-electron chi connectivity index (χ2n) is 2.57. The van der Waals surface area contributed by atoms with Crippen LogP contribution >= 0.6 is 0 Å². The standard InChI is InChI=1S/C7H7F3N2O3/c1-2-14-6(13)5-4(11-15-12-5)3-7(8,9)10/h2-3H2,1H3. The lowest BCUT2D eigenvalue weighted by Gasteiger charge is -2.03. The normalized spacial score (nSPS) is 11.5. The average Bonchev–Trinajstić information content (AvgIpc) is 2.49. The van der Waals surface area contributed by atoms with Gasteiger partial charge in [-0.15, -0.1) is 0 Å². The van der Waals surface area contributed by atoms with Crippen molar-refractivity contribution >= 4 is 5.97 Å². The van der Waals surface area contributed by atoms with Gasteiger partial charge in [-0.05, 0) is 12.1 Å². The number of carbonyl (C=O) groups excluding carboxylic acids is 1. The summed E-state index contributed by atoms with van der Waals surface area (Å²) in [6, 6.07) is 0. The van der Waals surface area contributed by atoms with Gasteiger partial charge in [-0.25, -0.2) is 9.42 Å². The molecule has 0 aliphatic heterocycles. The highest BCUT2D eigenvalue weighted by atomic mass is 19.4. The van der Waals surface area contributed by atoms with Crippen LogP contribution in [0.4, 0.5) is 13.2 Å². The number of carbonyl (C=O) groups is 1.